The predicted octanol–water partition coefficient (Wildman–Crippen LogP) is 5.49. The van der Waals surface area contributed by atoms with Crippen molar-refractivity contribution in [3.05, 3.63) is 93.1 Å². The number of thioether (sulfide) groups is 1. The highest BCUT2D eigenvalue weighted by Gasteiger charge is 2.42. The number of carbonyl (C=O) groups excluding carboxylic acids is 2. The molecule has 0 saturated carbocycles. The van der Waals surface area contributed by atoms with E-state index < -0.39 is 6.04 Å². The molecule has 0 aliphatic carbocycles. The number of hydrogen-bond donors (Lipinski definition) is 1. The molecular weight excluding hydrogens is 480 g/mol. The molecule has 1 N–H and O–H groups in total. The fourth-order valence-corrected chi connectivity index (χ4v) is 5.54. The number of benzene rings is 2. The summed E-state index contributed by atoms with van der Waals surface area (Å²) in [5.41, 5.74) is 3.91. The topological polar surface area (TPSA) is 65.0 Å². The Kier molecular flexibility index (Phi) is 7.98. The number of hydrogen-bond acceptors (Lipinski definition) is 5. The van der Waals surface area contributed by atoms with Crippen molar-refractivity contribution in [1.82, 2.24) is 15.1 Å². The number of amidine groups is 1. The molecule has 0 bridgehead atoms. The van der Waals surface area contributed by atoms with Gasteiger partial charge in [-0.15, -0.1) is 0 Å². The van der Waals surface area contributed by atoms with Crippen LogP contribution < -0.4 is 5.32 Å². The lowest BCUT2D eigenvalue weighted by Gasteiger charge is -2.38. The van der Waals surface area contributed by atoms with Gasteiger partial charge in [-0.1, -0.05) is 71.9 Å². The van der Waals surface area contributed by atoms with Crippen molar-refractivity contribution in [2.24, 2.45) is 4.99 Å². The zero-order chi connectivity index (χ0) is 24.9. The van der Waals surface area contributed by atoms with Crippen LogP contribution in [0.1, 0.15) is 44.4 Å². The highest BCUT2D eigenvalue weighted by atomic mass is 35.5. The molecule has 0 unspecified atom stereocenters. The fraction of sp³-hybridized carbons (Fsp3) is 0.296. The van der Waals surface area contributed by atoms with E-state index in [4.69, 9.17) is 16.6 Å². The van der Waals surface area contributed by atoms with Gasteiger partial charge in [0.1, 0.15) is 0 Å². The van der Waals surface area contributed by atoms with Gasteiger partial charge >= 0.3 is 0 Å². The third kappa shape index (κ3) is 5.31. The van der Waals surface area contributed by atoms with Crippen molar-refractivity contribution in [3.8, 4) is 0 Å². The quantitative estimate of drug-likeness (QED) is 0.512. The van der Waals surface area contributed by atoms with E-state index >= 15 is 0 Å². The molecular formula is C27H29ClN4O2S. The molecule has 0 radical (unpaired) electrons. The number of allylic oxidation sites excluding steroid dienone is 1. The van der Waals surface area contributed by atoms with Crippen molar-refractivity contribution in [2.45, 2.75) is 39.8 Å². The Morgan fingerprint density at radius 2 is 1.77 bits per heavy atom. The summed E-state index contributed by atoms with van der Waals surface area (Å²) < 4.78 is 0. The van der Waals surface area contributed by atoms with Gasteiger partial charge in [-0.25, -0.2) is 4.99 Å². The number of amides is 2. The Labute approximate surface area is 215 Å². The van der Waals surface area contributed by atoms with E-state index in [1.165, 1.54) is 11.8 Å². The number of rotatable bonds is 8. The van der Waals surface area contributed by atoms with Gasteiger partial charge in [-0.3, -0.25) is 9.59 Å². The number of likely N-dealkylation sites (N-methyl/N-ethyl adjacent to an activating group) is 1. The molecule has 35 heavy (non-hydrogen) atoms. The maximum Gasteiger partial charge on any atom is 0.254 e. The second-order valence-corrected chi connectivity index (χ2v) is 9.57. The molecule has 2 aliphatic rings. The number of nitrogens with one attached hydrogen (secondary N) is 1. The Bertz CT molecular complexity index is 1200. The van der Waals surface area contributed by atoms with Gasteiger partial charge in [-0.05, 0) is 43.4 Å². The van der Waals surface area contributed by atoms with E-state index in [0.29, 0.717) is 35.9 Å². The van der Waals surface area contributed by atoms with Crippen LogP contribution >= 0.6 is 23.4 Å². The zero-order valence-electron chi connectivity index (χ0n) is 20.1. The average Bonchev–Trinajstić information content (AvgIpc) is 3.25. The van der Waals surface area contributed by atoms with Crippen molar-refractivity contribution in [2.75, 3.05) is 13.1 Å². The van der Waals surface area contributed by atoms with E-state index in [2.05, 4.69) is 5.32 Å². The number of aliphatic imine (C=N–C) groups is 1. The lowest BCUT2D eigenvalue weighted by atomic mass is 9.92. The van der Waals surface area contributed by atoms with E-state index in [0.717, 1.165) is 22.0 Å². The lowest BCUT2D eigenvalue weighted by molar-refractivity contribution is -0.127. The van der Waals surface area contributed by atoms with Gasteiger partial charge in [0.15, 0.2) is 5.17 Å². The van der Waals surface area contributed by atoms with E-state index in [1.54, 1.807) is 4.90 Å². The summed E-state index contributed by atoms with van der Waals surface area (Å²) in [6, 6.07) is 16.9. The molecule has 4 rings (SSSR count). The van der Waals surface area contributed by atoms with Crippen molar-refractivity contribution in [3.63, 3.8) is 0 Å². The summed E-state index contributed by atoms with van der Waals surface area (Å²) in [4.78, 5) is 35.1. The summed E-state index contributed by atoms with van der Waals surface area (Å²) in [5, 5.41) is 6.26. The van der Waals surface area contributed by atoms with E-state index in [1.807, 2.05) is 85.7 Å². The summed E-state index contributed by atoms with van der Waals surface area (Å²) >= 11 is 8.13. The predicted molar refractivity (Wildman–Crippen MR) is 143 cm³/mol. The minimum Gasteiger partial charge on any atom is -0.352 e. The number of nitrogens with zero attached hydrogens (tertiary/aromatic N) is 3. The van der Waals surface area contributed by atoms with Gasteiger partial charge in [0.25, 0.3) is 5.91 Å². The number of halogens is 1. The first-order valence-corrected chi connectivity index (χ1v) is 13.0. The van der Waals surface area contributed by atoms with Crippen LogP contribution in [0.5, 0.6) is 0 Å². The molecule has 0 aromatic heterocycles. The van der Waals surface area contributed by atoms with Crippen LogP contribution in [-0.2, 0) is 16.1 Å². The van der Waals surface area contributed by atoms with Crippen LogP contribution in [0.25, 0.3) is 0 Å². The largest absolute Gasteiger partial charge is 0.352 e. The monoisotopic (exact) mass is 508 g/mol. The first-order valence-electron chi connectivity index (χ1n) is 11.7. The van der Waals surface area contributed by atoms with Gasteiger partial charge < -0.3 is 15.1 Å². The molecule has 2 amide bonds. The Hall–Kier alpha value is -3.03. The van der Waals surface area contributed by atoms with Gasteiger partial charge in [0, 0.05) is 30.4 Å². The smallest absolute Gasteiger partial charge is 0.254 e. The summed E-state index contributed by atoms with van der Waals surface area (Å²) in [6.45, 7) is 7.45. The Morgan fingerprint density at radius 1 is 1.09 bits per heavy atom. The maximum atomic E-state index is 13.7. The number of carbonyl (C=O) groups is 2. The molecule has 2 aliphatic heterocycles. The minimum absolute atomic E-state index is 0.0648. The molecule has 6 nitrogen and oxygen atoms in total. The summed E-state index contributed by atoms with van der Waals surface area (Å²) in [7, 11) is 0. The van der Waals surface area contributed by atoms with E-state index in [-0.39, 0.29) is 18.2 Å². The second kappa shape index (κ2) is 11.1. The first kappa shape index (κ1) is 25.1. The molecule has 2 aromatic rings. The van der Waals surface area contributed by atoms with Crippen molar-refractivity contribution in [1.29, 1.82) is 0 Å². The molecule has 8 heteroatoms. The van der Waals surface area contributed by atoms with Crippen LogP contribution in [0.15, 0.2) is 82.0 Å². The number of fused-ring (bicyclic) bond motifs is 1. The standard InChI is InChI=1S/C27H29ClN4O2S/c1-4-31(5-2)26(34)24-18(3)30-27-32(25(24)21-13-9-10-14-22(21)28)20(17-35-27)15-23(33)29-16-19-11-7-6-8-12-19/h6-14,17,25H,4-5,15-16H2,1-3H3,(H,29,33)/t25-/m0/s1. The SMILES string of the molecule is CCN(CC)C(=O)C1=C(C)N=C2SC=C(CC(=O)NCc3ccccc3)N2[C@H]1c1ccccc1Cl. The molecule has 2 heterocycles. The highest BCUT2D eigenvalue weighted by molar-refractivity contribution is 8.16. The van der Waals surface area contributed by atoms with Gasteiger partial charge in [0.2, 0.25) is 5.91 Å². The minimum atomic E-state index is -0.465. The lowest BCUT2D eigenvalue weighted by Crippen LogP contribution is -2.42. The molecule has 2 aromatic carbocycles. The van der Waals surface area contributed by atoms with E-state index in [9.17, 15) is 9.59 Å². The van der Waals surface area contributed by atoms with Crippen LogP contribution in [0.4, 0.5) is 0 Å². The first-order chi connectivity index (χ1) is 16.9. The summed E-state index contributed by atoms with van der Waals surface area (Å²) in [6.07, 6.45) is 0.172. The summed E-state index contributed by atoms with van der Waals surface area (Å²) in [5.74, 6) is -0.159. The molecule has 182 valence electrons. The third-order valence-electron chi connectivity index (χ3n) is 6.16. The molecule has 0 spiro atoms. The molecule has 0 saturated heterocycles. The van der Waals surface area contributed by atoms with Crippen LogP contribution in [0, 0.1) is 0 Å². The van der Waals surface area contributed by atoms with Gasteiger partial charge in [-0.2, -0.15) is 0 Å². The van der Waals surface area contributed by atoms with Crippen LogP contribution in [-0.4, -0.2) is 39.9 Å². The highest BCUT2D eigenvalue weighted by Crippen LogP contribution is 2.46. The fourth-order valence-electron chi connectivity index (χ4n) is 4.34. The third-order valence-corrected chi connectivity index (χ3v) is 7.39. The average molecular weight is 509 g/mol. The van der Waals surface area contributed by atoms with Crippen LogP contribution in [0.2, 0.25) is 5.02 Å². The maximum absolute atomic E-state index is 13.7. The molecule has 0 fully saturated rings. The van der Waals surface area contributed by atoms with Crippen molar-refractivity contribution >= 4 is 40.3 Å². The molecule has 1 atom stereocenters. The second-order valence-electron chi connectivity index (χ2n) is 8.33. The zero-order valence-corrected chi connectivity index (χ0v) is 21.7. The normalized spacial score (nSPS) is 17.0. The van der Waals surface area contributed by atoms with Gasteiger partial charge in [0.05, 0.1) is 23.7 Å². The Balaban J connectivity index is 1.65. The van der Waals surface area contributed by atoms with Crippen molar-refractivity contribution < 1.29 is 9.59 Å². The Morgan fingerprint density at radius 3 is 2.46 bits per heavy atom. The van der Waals surface area contributed by atoms with Crippen LogP contribution in [0.3, 0.4) is 0 Å².